The van der Waals surface area contributed by atoms with Gasteiger partial charge in [0.05, 0.1) is 28.5 Å². The molecule has 9 rings (SSSR count). The molecule has 4 aliphatic heterocycles. The van der Waals surface area contributed by atoms with Crippen molar-refractivity contribution in [2.75, 3.05) is 0 Å². The Morgan fingerprint density at radius 3 is 1.51 bits per heavy atom. The molecule has 51 heavy (non-hydrogen) atoms. The number of nitrogens with zero attached hydrogens (tertiary/aromatic N) is 3. The van der Waals surface area contributed by atoms with Crippen LogP contribution in [0.2, 0.25) is 0 Å². The summed E-state index contributed by atoms with van der Waals surface area (Å²) in [4.78, 5) is 19.9. The summed E-state index contributed by atoms with van der Waals surface area (Å²) in [5.74, 6) is -0.0422. The van der Waals surface area contributed by atoms with Crippen LogP contribution >= 0.6 is 0 Å². The van der Waals surface area contributed by atoms with Gasteiger partial charge in [0.1, 0.15) is 0 Å². The van der Waals surface area contributed by atoms with Crippen LogP contribution in [0.3, 0.4) is 0 Å². The standard InChI is InChI=1S/C47H34N4/c1-2-15-35-36-30-48-47(35)46(34-22-13-6-14-23-34)42-29-28-41(51-42)45(33-20-11-5-12-21-33)40-27-26-39(50-40)44(32-18-9-4-10-19-32)38-25-24-37(49-38)43(36)31-16-7-3-8-17-31/h2-14,16-30,35,49H,1,15H2. The van der Waals surface area contributed by atoms with Crippen LogP contribution in [0.5, 0.6) is 0 Å². The molecule has 0 fully saturated rings. The number of allylic oxidation sites excluding steroid dienone is 8. The minimum Gasteiger partial charge on any atom is -0.354 e. The predicted molar refractivity (Wildman–Crippen MR) is 212 cm³/mol. The van der Waals surface area contributed by atoms with Crippen molar-refractivity contribution in [1.82, 2.24) is 4.98 Å². The number of aliphatic imine (C=N–C) groups is 3. The van der Waals surface area contributed by atoms with Crippen LogP contribution in [-0.4, -0.2) is 22.1 Å². The summed E-state index contributed by atoms with van der Waals surface area (Å²) < 4.78 is 0. The number of fused-ring (bicyclic) bond motifs is 6. The monoisotopic (exact) mass is 654 g/mol. The van der Waals surface area contributed by atoms with Gasteiger partial charge in [-0.1, -0.05) is 127 Å². The van der Waals surface area contributed by atoms with E-state index in [1.807, 2.05) is 12.1 Å². The van der Waals surface area contributed by atoms with Crippen LogP contribution in [0.15, 0.2) is 209 Å². The Morgan fingerprint density at radius 2 is 0.961 bits per heavy atom. The molecule has 1 atom stereocenters. The number of aromatic amines is 1. The molecule has 4 heteroatoms. The lowest BCUT2D eigenvalue weighted by atomic mass is 9.81. The number of rotatable bonds is 6. The van der Waals surface area contributed by atoms with Crippen molar-refractivity contribution in [2.24, 2.45) is 20.9 Å². The lowest BCUT2D eigenvalue weighted by molar-refractivity contribution is 0.868. The lowest BCUT2D eigenvalue weighted by Crippen LogP contribution is -2.22. The largest absolute Gasteiger partial charge is 0.354 e. The number of benzene rings is 4. The molecule has 0 aliphatic carbocycles. The van der Waals surface area contributed by atoms with Crippen molar-refractivity contribution in [1.29, 1.82) is 0 Å². The molecule has 0 spiro atoms. The van der Waals surface area contributed by atoms with Crippen molar-refractivity contribution < 1.29 is 0 Å². The Labute approximate surface area is 297 Å². The highest BCUT2D eigenvalue weighted by molar-refractivity contribution is 6.36. The molecule has 0 radical (unpaired) electrons. The first-order valence-electron chi connectivity index (χ1n) is 17.3. The maximum atomic E-state index is 5.40. The molecule has 1 N–H and O–H groups in total. The number of aromatic nitrogens is 1. The van der Waals surface area contributed by atoms with Crippen LogP contribution < -0.4 is 10.7 Å². The Hall–Kier alpha value is -6.65. The zero-order valence-electron chi connectivity index (χ0n) is 28.0. The number of hydrogen-bond acceptors (Lipinski definition) is 3. The van der Waals surface area contributed by atoms with E-state index in [1.165, 1.54) is 0 Å². The van der Waals surface area contributed by atoms with E-state index in [9.17, 15) is 0 Å². The first-order chi connectivity index (χ1) is 25.3. The van der Waals surface area contributed by atoms with E-state index >= 15 is 0 Å². The van der Waals surface area contributed by atoms with Gasteiger partial charge in [-0.15, -0.1) is 6.58 Å². The fourth-order valence-electron chi connectivity index (χ4n) is 7.51. The third-order valence-corrected chi connectivity index (χ3v) is 9.77. The molecular weight excluding hydrogens is 621 g/mol. The third-order valence-electron chi connectivity index (χ3n) is 9.77. The van der Waals surface area contributed by atoms with Gasteiger partial charge in [0.2, 0.25) is 0 Å². The van der Waals surface area contributed by atoms with Crippen molar-refractivity contribution in [3.63, 3.8) is 0 Å². The van der Waals surface area contributed by atoms with Crippen molar-refractivity contribution in [2.45, 2.75) is 6.42 Å². The topological polar surface area (TPSA) is 52.9 Å². The van der Waals surface area contributed by atoms with Gasteiger partial charge < -0.3 is 4.98 Å². The number of nitrogens with one attached hydrogen (secondary N) is 1. The Morgan fingerprint density at radius 1 is 0.510 bits per heavy atom. The SMILES string of the molecule is C=CCC1C2=CN=C1C(c1ccccc1)=C1C=CC(=N1)C(c1ccccc1)=C1C=CC(=N1)C(c1ccccc1)=c1ccc([nH]1)=C2c1ccccc1. The van der Waals surface area contributed by atoms with E-state index in [1.54, 1.807) is 0 Å². The van der Waals surface area contributed by atoms with E-state index in [4.69, 9.17) is 15.0 Å². The zero-order chi connectivity index (χ0) is 34.1. The minimum absolute atomic E-state index is 0.0422. The molecule has 0 saturated heterocycles. The number of H-pyrrole nitrogens is 1. The van der Waals surface area contributed by atoms with E-state index in [-0.39, 0.29) is 5.92 Å². The highest BCUT2D eigenvalue weighted by Crippen LogP contribution is 2.41. The summed E-state index contributed by atoms with van der Waals surface area (Å²) in [6, 6.07) is 46.5. The number of hydrogen-bond donors (Lipinski definition) is 1. The Bertz CT molecular complexity index is 2570. The van der Waals surface area contributed by atoms with Gasteiger partial charge >= 0.3 is 0 Å². The second kappa shape index (κ2) is 13.0. The highest BCUT2D eigenvalue weighted by atomic mass is 14.8. The third kappa shape index (κ3) is 5.48. The quantitative estimate of drug-likeness (QED) is 0.178. The molecular formula is C47H34N4. The molecule has 5 heterocycles. The molecule has 4 aliphatic rings. The molecule has 8 bridgehead atoms. The fourth-order valence-corrected chi connectivity index (χ4v) is 7.51. The average molecular weight is 655 g/mol. The van der Waals surface area contributed by atoms with E-state index in [0.29, 0.717) is 0 Å². The molecule has 1 aromatic heterocycles. The molecule has 0 saturated carbocycles. The summed E-state index contributed by atoms with van der Waals surface area (Å²) in [6.45, 7) is 4.21. The van der Waals surface area contributed by atoms with E-state index in [2.05, 4.69) is 169 Å². The van der Waals surface area contributed by atoms with Crippen LogP contribution in [-0.2, 0) is 0 Å². The van der Waals surface area contributed by atoms with Gasteiger partial charge in [-0.25, -0.2) is 9.98 Å². The molecule has 242 valence electrons. The van der Waals surface area contributed by atoms with Crippen molar-refractivity contribution in [3.05, 3.63) is 227 Å². The van der Waals surface area contributed by atoms with Crippen LogP contribution in [0.25, 0.3) is 22.3 Å². The molecule has 0 amide bonds. The maximum absolute atomic E-state index is 5.40. The predicted octanol–water partition coefficient (Wildman–Crippen LogP) is 8.80. The van der Waals surface area contributed by atoms with Crippen molar-refractivity contribution in [3.8, 4) is 0 Å². The summed E-state index contributed by atoms with van der Waals surface area (Å²) in [7, 11) is 0. The Kier molecular flexibility index (Phi) is 7.75. The maximum Gasteiger partial charge on any atom is 0.0738 e. The first-order valence-corrected chi connectivity index (χ1v) is 17.3. The average Bonchev–Trinajstić information content (AvgIpc) is 4.02. The second-order valence-corrected chi connectivity index (χ2v) is 12.9. The molecule has 4 nitrogen and oxygen atoms in total. The summed E-state index contributed by atoms with van der Waals surface area (Å²) in [5, 5.41) is 2.01. The summed E-state index contributed by atoms with van der Waals surface area (Å²) in [6.07, 6.45) is 13.3. The zero-order valence-corrected chi connectivity index (χ0v) is 28.0. The first kappa shape index (κ1) is 30.4. The minimum atomic E-state index is -0.0422. The normalized spacial score (nSPS) is 17.8. The molecule has 5 aromatic rings. The van der Waals surface area contributed by atoms with E-state index in [0.717, 1.165) is 95.8 Å². The Balaban J connectivity index is 1.41. The van der Waals surface area contributed by atoms with E-state index < -0.39 is 0 Å². The van der Waals surface area contributed by atoms with Gasteiger partial charge in [0.25, 0.3) is 0 Å². The summed E-state index contributed by atoms with van der Waals surface area (Å²) in [5.41, 5.74) is 14.2. The van der Waals surface area contributed by atoms with Crippen LogP contribution in [0.1, 0.15) is 28.7 Å². The molecule has 4 aromatic carbocycles. The van der Waals surface area contributed by atoms with Crippen molar-refractivity contribution >= 4 is 39.4 Å². The van der Waals surface area contributed by atoms with Gasteiger partial charge in [0.15, 0.2) is 0 Å². The molecule has 1 unspecified atom stereocenters. The lowest BCUT2D eigenvalue weighted by Gasteiger charge is -2.21. The summed E-state index contributed by atoms with van der Waals surface area (Å²) >= 11 is 0. The van der Waals surface area contributed by atoms with Crippen LogP contribution in [0, 0.1) is 5.92 Å². The second-order valence-electron chi connectivity index (χ2n) is 12.9. The van der Waals surface area contributed by atoms with Crippen LogP contribution in [0.4, 0.5) is 0 Å². The van der Waals surface area contributed by atoms with Gasteiger partial charge in [0, 0.05) is 45.1 Å². The smallest absolute Gasteiger partial charge is 0.0738 e. The fraction of sp³-hybridized carbons (Fsp3) is 0.0426. The highest BCUT2D eigenvalue weighted by Gasteiger charge is 2.33. The van der Waals surface area contributed by atoms with Gasteiger partial charge in [-0.2, -0.15) is 0 Å². The van der Waals surface area contributed by atoms with Gasteiger partial charge in [-0.3, -0.25) is 4.99 Å². The van der Waals surface area contributed by atoms with Gasteiger partial charge in [-0.05, 0) is 70.7 Å².